The van der Waals surface area contributed by atoms with Crippen molar-refractivity contribution in [2.45, 2.75) is 26.4 Å². The van der Waals surface area contributed by atoms with E-state index < -0.39 is 6.10 Å². The summed E-state index contributed by atoms with van der Waals surface area (Å²) in [4.78, 5) is 0. The fraction of sp³-hybridized carbons (Fsp3) is 0.250. The molecule has 0 saturated carbocycles. The molecule has 2 rings (SSSR count). The van der Waals surface area contributed by atoms with Gasteiger partial charge >= 0.3 is 0 Å². The molecule has 0 aliphatic rings. The molecule has 0 unspecified atom stereocenters. The Morgan fingerprint density at radius 2 is 1.74 bits per heavy atom. The van der Waals surface area contributed by atoms with Gasteiger partial charge in [0.25, 0.3) is 0 Å². The maximum absolute atomic E-state index is 9.73. The molecule has 0 bridgehead atoms. The van der Waals surface area contributed by atoms with Gasteiger partial charge in [0.05, 0.1) is 6.10 Å². The van der Waals surface area contributed by atoms with Gasteiger partial charge in [-0.2, -0.15) is 0 Å². The van der Waals surface area contributed by atoms with Gasteiger partial charge in [0.1, 0.15) is 11.5 Å². The quantitative estimate of drug-likeness (QED) is 0.859. The lowest BCUT2D eigenvalue weighted by Crippen LogP contribution is -1.94. The second-order valence-electron chi connectivity index (χ2n) is 4.51. The first kappa shape index (κ1) is 14.1. The molecule has 2 aromatic carbocycles. The summed E-state index contributed by atoms with van der Waals surface area (Å²) in [5.41, 5.74) is 2.05. The van der Waals surface area contributed by atoms with Crippen molar-refractivity contribution in [1.82, 2.24) is 0 Å². The molecule has 0 fully saturated rings. The molecule has 0 aromatic heterocycles. The van der Waals surface area contributed by atoms with Crippen molar-refractivity contribution in [2.75, 3.05) is 0 Å². The molecule has 1 N–H and O–H groups in total. The molecule has 0 amide bonds. The van der Waals surface area contributed by atoms with Crippen molar-refractivity contribution in [1.29, 1.82) is 0 Å². The summed E-state index contributed by atoms with van der Waals surface area (Å²) in [5, 5.41) is 9.73. The minimum atomic E-state index is -0.399. The van der Waals surface area contributed by atoms with Crippen molar-refractivity contribution < 1.29 is 9.84 Å². The van der Waals surface area contributed by atoms with E-state index >= 15 is 0 Å². The van der Waals surface area contributed by atoms with Gasteiger partial charge in [0, 0.05) is 4.47 Å². The maximum atomic E-state index is 9.73. The van der Waals surface area contributed by atoms with Crippen molar-refractivity contribution >= 4 is 15.9 Å². The van der Waals surface area contributed by atoms with Crippen molar-refractivity contribution in [3.63, 3.8) is 0 Å². The van der Waals surface area contributed by atoms with E-state index in [9.17, 15) is 5.11 Å². The number of rotatable bonds is 4. The Bertz CT molecular complexity index is 549. The molecule has 0 spiro atoms. The van der Waals surface area contributed by atoms with Crippen LogP contribution in [0.5, 0.6) is 11.5 Å². The molecule has 2 nitrogen and oxygen atoms in total. The first-order valence-corrected chi connectivity index (χ1v) is 7.11. The Morgan fingerprint density at radius 1 is 1.11 bits per heavy atom. The minimum absolute atomic E-state index is 0.399. The van der Waals surface area contributed by atoms with E-state index in [0.29, 0.717) is 6.42 Å². The smallest absolute Gasteiger partial charge is 0.127 e. The summed E-state index contributed by atoms with van der Waals surface area (Å²) in [5.74, 6) is 1.58. The Labute approximate surface area is 122 Å². The van der Waals surface area contributed by atoms with Gasteiger partial charge in [-0.1, -0.05) is 35.0 Å². The van der Waals surface area contributed by atoms with Crippen LogP contribution in [0, 0.1) is 6.92 Å². The van der Waals surface area contributed by atoms with E-state index in [2.05, 4.69) is 15.9 Å². The Balaban J connectivity index is 2.12. The molecule has 0 heterocycles. The number of ether oxygens (including phenoxy) is 1. The highest BCUT2D eigenvalue weighted by Crippen LogP contribution is 2.27. The number of aliphatic hydroxyl groups excluding tert-OH is 1. The summed E-state index contributed by atoms with van der Waals surface area (Å²) < 4.78 is 6.85. The topological polar surface area (TPSA) is 29.5 Å². The van der Waals surface area contributed by atoms with Crippen LogP contribution in [0.15, 0.2) is 46.9 Å². The van der Waals surface area contributed by atoms with Gasteiger partial charge < -0.3 is 9.84 Å². The van der Waals surface area contributed by atoms with Crippen LogP contribution in [0.2, 0.25) is 0 Å². The molecule has 2 aromatic rings. The van der Waals surface area contributed by atoms with Gasteiger partial charge in [0.15, 0.2) is 0 Å². The zero-order valence-corrected chi connectivity index (χ0v) is 12.6. The molecule has 0 aliphatic carbocycles. The fourth-order valence-corrected chi connectivity index (χ4v) is 2.06. The average molecular weight is 321 g/mol. The SMILES string of the molecule is CC[C@@H](O)c1ccc(Oc2ccc(Br)c(C)c2)cc1. The average Bonchev–Trinajstić information content (AvgIpc) is 2.43. The van der Waals surface area contributed by atoms with Crippen molar-refractivity contribution in [3.05, 3.63) is 58.1 Å². The maximum Gasteiger partial charge on any atom is 0.127 e. The lowest BCUT2D eigenvalue weighted by Gasteiger charge is -2.10. The lowest BCUT2D eigenvalue weighted by molar-refractivity contribution is 0.173. The highest BCUT2D eigenvalue weighted by atomic mass is 79.9. The van der Waals surface area contributed by atoms with Gasteiger partial charge in [-0.3, -0.25) is 0 Å². The summed E-state index contributed by atoms with van der Waals surface area (Å²) in [6.07, 6.45) is 0.315. The highest BCUT2D eigenvalue weighted by molar-refractivity contribution is 9.10. The molecule has 0 saturated heterocycles. The first-order chi connectivity index (χ1) is 9.10. The molecule has 0 aliphatic heterocycles. The van der Waals surface area contributed by atoms with E-state index in [0.717, 1.165) is 27.1 Å². The van der Waals surface area contributed by atoms with Crippen LogP contribution in [-0.2, 0) is 0 Å². The number of aliphatic hydroxyl groups is 1. The summed E-state index contributed by atoms with van der Waals surface area (Å²) in [7, 11) is 0. The fourth-order valence-electron chi connectivity index (χ4n) is 1.81. The molecule has 100 valence electrons. The van der Waals surface area contributed by atoms with E-state index in [1.165, 1.54) is 0 Å². The minimum Gasteiger partial charge on any atom is -0.457 e. The van der Waals surface area contributed by atoms with Crippen LogP contribution in [0.1, 0.15) is 30.6 Å². The molecule has 3 heteroatoms. The zero-order chi connectivity index (χ0) is 13.8. The Morgan fingerprint density at radius 3 is 2.32 bits per heavy atom. The second kappa shape index (κ2) is 6.22. The predicted molar refractivity (Wildman–Crippen MR) is 80.6 cm³/mol. The first-order valence-electron chi connectivity index (χ1n) is 6.32. The zero-order valence-electron chi connectivity index (χ0n) is 11.1. The number of benzene rings is 2. The monoisotopic (exact) mass is 320 g/mol. The van der Waals surface area contributed by atoms with Gasteiger partial charge in [-0.05, 0) is 54.8 Å². The van der Waals surface area contributed by atoms with Crippen LogP contribution in [0.25, 0.3) is 0 Å². The van der Waals surface area contributed by atoms with Crippen LogP contribution in [-0.4, -0.2) is 5.11 Å². The van der Waals surface area contributed by atoms with Crippen LogP contribution < -0.4 is 4.74 Å². The lowest BCUT2D eigenvalue weighted by atomic mass is 10.1. The van der Waals surface area contributed by atoms with Gasteiger partial charge in [-0.25, -0.2) is 0 Å². The molecule has 19 heavy (non-hydrogen) atoms. The Hall–Kier alpha value is -1.32. The van der Waals surface area contributed by atoms with E-state index in [4.69, 9.17) is 4.74 Å². The normalized spacial score (nSPS) is 12.2. The molecular formula is C16H17BrO2. The third-order valence-corrected chi connectivity index (χ3v) is 3.91. The van der Waals surface area contributed by atoms with E-state index in [1.807, 2.05) is 56.3 Å². The summed E-state index contributed by atoms with van der Waals surface area (Å²) in [6, 6.07) is 13.4. The number of halogens is 1. The molecular weight excluding hydrogens is 304 g/mol. The van der Waals surface area contributed by atoms with Gasteiger partial charge in [-0.15, -0.1) is 0 Å². The predicted octanol–water partition coefficient (Wildman–Crippen LogP) is 4.99. The summed E-state index contributed by atoms with van der Waals surface area (Å²) >= 11 is 3.46. The van der Waals surface area contributed by atoms with Crippen LogP contribution in [0.4, 0.5) is 0 Å². The Kier molecular flexibility index (Phi) is 4.61. The molecule has 0 radical (unpaired) electrons. The van der Waals surface area contributed by atoms with Crippen molar-refractivity contribution in [2.24, 2.45) is 0 Å². The standard InChI is InChI=1S/C16H17BrO2/c1-3-16(18)12-4-6-13(7-5-12)19-14-8-9-15(17)11(2)10-14/h4-10,16,18H,3H2,1-2H3/t16-/m1/s1. The van der Waals surface area contributed by atoms with Crippen molar-refractivity contribution in [3.8, 4) is 11.5 Å². The summed E-state index contributed by atoms with van der Waals surface area (Å²) in [6.45, 7) is 3.98. The molecule has 1 atom stereocenters. The van der Waals surface area contributed by atoms with Crippen LogP contribution >= 0.6 is 15.9 Å². The second-order valence-corrected chi connectivity index (χ2v) is 5.36. The van der Waals surface area contributed by atoms with Crippen LogP contribution in [0.3, 0.4) is 0 Å². The van der Waals surface area contributed by atoms with E-state index in [1.54, 1.807) is 0 Å². The number of hydrogen-bond donors (Lipinski definition) is 1. The third-order valence-electron chi connectivity index (χ3n) is 3.02. The third kappa shape index (κ3) is 3.58. The largest absolute Gasteiger partial charge is 0.457 e. The number of hydrogen-bond acceptors (Lipinski definition) is 2. The highest BCUT2D eigenvalue weighted by Gasteiger charge is 2.05. The number of aryl methyl sites for hydroxylation is 1. The van der Waals surface area contributed by atoms with Gasteiger partial charge in [0.2, 0.25) is 0 Å². The van der Waals surface area contributed by atoms with E-state index in [-0.39, 0.29) is 0 Å².